The van der Waals surface area contributed by atoms with E-state index in [1.54, 1.807) is 60.7 Å². The van der Waals surface area contributed by atoms with Gasteiger partial charge in [-0.1, -0.05) is 52.3 Å². The van der Waals surface area contributed by atoms with Gasteiger partial charge in [-0.15, -0.1) is 0 Å². The fraction of sp³-hybridized carbons (Fsp3) is 0.0385. The molecule has 0 unspecified atom stereocenters. The molecule has 35 heavy (non-hydrogen) atoms. The molecular formula is C26H20BrFN2O4S. The highest BCUT2D eigenvalue weighted by molar-refractivity contribution is 9.10. The van der Waals surface area contributed by atoms with Crippen molar-refractivity contribution in [1.82, 2.24) is 0 Å². The van der Waals surface area contributed by atoms with Crippen LogP contribution in [0.25, 0.3) is 0 Å². The molecule has 0 aliphatic rings. The molecule has 0 atom stereocenters. The molecule has 4 aromatic carbocycles. The quantitative estimate of drug-likeness (QED) is 0.280. The number of carbonyl (C=O) groups excluding carboxylic acids is 1. The molecule has 0 bridgehead atoms. The van der Waals surface area contributed by atoms with Gasteiger partial charge in [0.25, 0.3) is 10.0 Å². The molecule has 0 fully saturated rings. The molecule has 4 rings (SSSR count). The van der Waals surface area contributed by atoms with Crippen molar-refractivity contribution in [3.63, 3.8) is 0 Å². The lowest BCUT2D eigenvalue weighted by atomic mass is 10.3. The Bertz CT molecular complexity index is 1420. The second-order valence-corrected chi connectivity index (χ2v) is 10.2. The summed E-state index contributed by atoms with van der Waals surface area (Å²) in [7, 11) is -4.10. The first-order valence-corrected chi connectivity index (χ1v) is 12.7. The summed E-state index contributed by atoms with van der Waals surface area (Å²) >= 11 is 3.16. The molecule has 4 aromatic rings. The largest absolute Gasteiger partial charge is 0.457 e. The first kappa shape index (κ1) is 24.4. The zero-order chi connectivity index (χ0) is 24.8. The van der Waals surface area contributed by atoms with Crippen molar-refractivity contribution in [2.45, 2.75) is 4.90 Å². The van der Waals surface area contributed by atoms with Crippen LogP contribution < -0.4 is 14.4 Å². The van der Waals surface area contributed by atoms with E-state index in [4.69, 9.17) is 4.74 Å². The van der Waals surface area contributed by atoms with Crippen molar-refractivity contribution in [3.8, 4) is 11.5 Å². The molecule has 178 valence electrons. The number of amides is 1. The van der Waals surface area contributed by atoms with Crippen molar-refractivity contribution in [2.24, 2.45) is 0 Å². The molecule has 0 heterocycles. The normalized spacial score (nSPS) is 11.0. The van der Waals surface area contributed by atoms with Crippen molar-refractivity contribution in [1.29, 1.82) is 0 Å². The smallest absolute Gasteiger partial charge is 0.264 e. The summed E-state index contributed by atoms with van der Waals surface area (Å²) in [6.07, 6.45) is 0. The summed E-state index contributed by atoms with van der Waals surface area (Å²) in [5.41, 5.74) is 0.197. The maximum Gasteiger partial charge on any atom is 0.264 e. The summed E-state index contributed by atoms with van der Waals surface area (Å²) in [6, 6.07) is 27.4. The Morgan fingerprint density at radius 3 is 2.09 bits per heavy atom. The number of carbonyl (C=O) groups is 1. The number of anilines is 2. The number of nitrogens with one attached hydrogen (secondary N) is 1. The van der Waals surface area contributed by atoms with E-state index >= 15 is 0 Å². The van der Waals surface area contributed by atoms with E-state index < -0.39 is 28.3 Å². The number of hydrogen-bond acceptors (Lipinski definition) is 4. The van der Waals surface area contributed by atoms with Gasteiger partial charge in [0.15, 0.2) is 0 Å². The highest BCUT2D eigenvalue weighted by atomic mass is 79.9. The summed E-state index contributed by atoms with van der Waals surface area (Å²) in [6.45, 7) is -0.564. The Morgan fingerprint density at radius 2 is 1.46 bits per heavy atom. The maximum absolute atomic E-state index is 14.2. The Morgan fingerprint density at radius 1 is 0.857 bits per heavy atom. The lowest BCUT2D eigenvalue weighted by Gasteiger charge is -2.24. The van der Waals surface area contributed by atoms with E-state index in [0.29, 0.717) is 16.0 Å². The predicted octanol–water partition coefficient (Wildman–Crippen LogP) is 6.21. The Kier molecular flexibility index (Phi) is 7.48. The van der Waals surface area contributed by atoms with Crippen LogP contribution in [0.2, 0.25) is 0 Å². The monoisotopic (exact) mass is 554 g/mol. The van der Waals surface area contributed by atoms with Crippen molar-refractivity contribution in [2.75, 3.05) is 16.2 Å². The Balaban J connectivity index is 1.62. The lowest BCUT2D eigenvalue weighted by molar-refractivity contribution is -0.114. The van der Waals surface area contributed by atoms with E-state index in [1.807, 2.05) is 18.2 Å². The minimum Gasteiger partial charge on any atom is -0.457 e. The van der Waals surface area contributed by atoms with Crippen LogP contribution in [0.1, 0.15) is 0 Å². The van der Waals surface area contributed by atoms with Crippen LogP contribution in [0.4, 0.5) is 15.8 Å². The average Bonchev–Trinajstić information content (AvgIpc) is 2.86. The van der Waals surface area contributed by atoms with E-state index in [2.05, 4.69) is 21.2 Å². The molecule has 0 radical (unpaired) electrons. The first-order valence-electron chi connectivity index (χ1n) is 10.5. The first-order chi connectivity index (χ1) is 16.8. The number of rotatable bonds is 8. The van der Waals surface area contributed by atoms with Crippen LogP contribution in [-0.4, -0.2) is 20.9 Å². The third-order valence-electron chi connectivity index (χ3n) is 4.93. The van der Waals surface area contributed by atoms with E-state index in [0.717, 1.165) is 4.31 Å². The van der Waals surface area contributed by atoms with Crippen LogP contribution in [0, 0.1) is 5.82 Å². The van der Waals surface area contributed by atoms with Crippen molar-refractivity contribution >= 4 is 43.2 Å². The number of sulfonamides is 1. The highest BCUT2D eigenvalue weighted by Crippen LogP contribution is 2.28. The van der Waals surface area contributed by atoms with Gasteiger partial charge in [0.05, 0.1) is 16.3 Å². The van der Waals surface area contributed by atoms with E-state index in [9.17, 15) is 17.6 Å². The van der Waals surface area contributed by atoms with Gasteiger partial charge in [-0.05, 0) is 66.7 Å². The van der Waals surface area contributed by atoms with Crippen molar-refractivity contribution < 1.29 is 22.3 Å². The zero-order valence-electron chi connectivity index (χ0n) is 18.3. The number of hydrogen-bond donors (Lipinski definition) is 1. The predicted molar refractivity (Wildman–Crippen MR) is 137 cm³/mol. The van der Waals surface area contributed by atoms with Crippen molar-refractivity contribution in [3.05, 3.63) is 113 Å². The molecule has 6 nitrogen and oxygen atoms in total. The molecule has 0 aromatic heterocycles. The van der Waals surface area contributed by atoms with E-state index in [-0.39, 0.29) is 16.3 Å². The van der Waals surface area contributed by atoms with Crippen LogP contribution in [0.5, 0.6) is 11.5 Å². The molecule has 1 N–H and O–H groups in total. The third-order valence-corrected chi connectivity index (χ3v) is 7.21. The van der Waals surface area contributed by atoms with Gasteiger partial charge >= 0.3 is 0 Å². The summed E-state index contributed by atoms with van der Waals surface area (Å²) in [4.78, 5) is 12.8. The van der Waals surface area contributed by atoms with Gasteiger partial charge in [-0.2, -0.15) is 0 Å². The molecule has 1 amide bonds. The molecule has 0 aliphatic carbocycles. The van der Waals surface area contributed by atoms with Crippen LogP contribution in [-0.2, 0) is 14.8 Å². The second kappa shape index (κ2) is 10.7. The van der Waals surface area contributed by atoms with Crippen LogP contribution >= 0.6 is 15.9 Å². The minimum atomic E-state index is -4.10. The SMILES string of the molecule is O=C(CN(c1ccc(Oc2ccccc2)cc1)S(=O)(=O)c1ccccc1)Nc1ccc(Br)cc1F. The number of nitrogens with zero attached hydrogens (tertiary/aromatic N) is 1. The molecule has 9 heteroatoms. The topological polar surface area (TPSA) is 75.7 Å². The maximum atomic E-state index is 14.2. The Hall–Kier alpha value is -3.69. The van der Waals surface area contributed by atoms with Gasteiger partial charge in [0.2, 0.25) is 5.91 Å². The molecular weight excluding hydrogens is 535 g/mol. The molecule has 0 saturated carbocycles. The third kappa shape index (κ3) is 6.06. The second-order valence-electron chi connectivity index (χ2n) is 7.41. The number of para-hydroxylation sites is 1. The lowest BCUT2D eigenvalue weighted by Crippen LogP contribution is -2.38. The average molecular weight is 555 g/mol. The fourth-order valence-electron chi connectivity index (χ4n) is 3.25. The zero-order valence-corrected chi connectivity index (χ0v) is 20.7. The van der Waals surface area contributed by atoms with Gasteiger partial charge in [-0.25, -0.2) is 12.8 Å². The molecule has 0 spiro atoms. The summed E-state index contributed by atoms with van der Waals surface area (Å²) in [5.74, 6) is -0.216. The molecule has 0 aliphatic heterocycles. The van der Waals surface area contributed by atoms with Gasteiger partial charge < -0.3 is 10.1 Å². The van der Waals surface area contributed by atoms with Gasteiger partial charge in [0.1, 0.15) is 23.9 Å². The summed E-state index contributed by atoms with van der Waals surface area (Å²) < 4.78 is 48.3. The Labute approximate surface area is 211 Å². The van der Waals surface area contributed by atoms with E-state index in [1.165, 1.54) is 24.3 Å². The highest BCUT2D eigenvalue weighted by Gasteiger charge is 2.27. The minimum absolute atomic E-state index is 0.0206. The standard InChI is InChI=1S/C26H20BrFN2O4S/c27-19-11-16-25(24(28)17-19)29-26(31)18-30(35(32,33)23-9-5-2-6-10-23)20-12-14-22(15-13-20)34-21-7-3-1-4-8-21/h1-17H,18H2,(H,29,31). The van der Waals surface area contributed by atoms with Crippen LogP contribution in [0.3, 0.4) is 0 Å². The van der Waals surface area contributed by atoms with Gasteiger partial charge in [0, 0.05) is 4.47 Å². The van der Waals surface area contributed by atoms with Crippen LogP contribution in [0.15, 0.2) is 112 Å². The van der Waals surface area contributed by atoms with Gasteiger partial charge in [-0.3, -0.25) is 9.10 Å². The number of ether oxygens (including phenoxy) is 1. The molecule has 0 saturated heterocycles. The number of benzene rings is 4. The fourth-order valence-corrected chi connectivity index (χ4v) is 5.03. The summed E-state index contributed by atoms with van der Waals surface area (Å²) in [5, 5.41) is 2.44. The number of halogens is 2.